The summed E-state index contributed by atoms with van der Waals surface area (Å²) in [6.07, 6.45) is -0.147. The molecule has 1 atom stereocenters. The Hall–Kier alpha value is -0.650. The molecule has 0 aliphatic carbocycles. The molecule has 0 saturated carbocycles. The van der Waals surface area contributed by atoms with Crippen molar-refractivity contribution in [2.24, 2.45) is 0 Å². The average Bonchev–Trinajstić information content (AvgIpc) is 2.10. The van der Waals surface area contributed by atoms with Crippen LogP contribution in [0.3, 0.4) is 0 Å². The zero-order valence-electron chi connectivity index (χ0n) is 8.53. The zero-order chi connectivity index (χ0) is 10.8. The molecule has 0 saturated heterocycles. The van der Waals surface area contributed by atoms with Gasteiger partial charge in [-0.3, -0.25) is 4.79 Å². The van der Waals surface area contributed by atoms with Crippen LogP contribution in [0.15, 0.2) is 0 Å². The molecular weight excluding hydrogens is 186 g/mol. The van der Waals surface area contributed by atoms with E-state index in [9.17, 15) is 4.79 Å². The van der Waals surface area contributed by atoms with Gasteiger partial charge in [-0.05, 0) is 19.9 Å². The summed E-state index contributed by atoms with van der Waals surface area (Å²) in [6, 6.07) is 0. The Bertz CT molecular complexity index is 152. The smallest absolute Gasteiger partial charge is 0.306 e. The Balaban J connectivity index is 3.14. The van der Waals surface area contributed by atoms with Gasteiger partial charge in [-0.1, -0.05) is 0 Å². The van der Waals surface area contributed by atoms with Crippen molar-refractivity contribution in [3.63, 3.8) is 0 Å². The molecule has 0 bridgehead atoms. The lowest BCUT2D eigenvalue weighted by Gasteiger charge is -2.09. The number of carboxylic acids is 1. The Morgan fingerprint density at radius 1 is 1.57 bits per heavy atom. The third-order valence-electron chi connectivity index (χ3n) is 1.64. The number of hydrogen-bond acceptors (Lipinski definition) is 4. The van der Waals surface area contributed by atoms with E-state index < -0.39 is 12.1 Å². The van der Waals surface area contributed by atoms with Gasteiger partial charge in [0.2, 0.25) is 0 Å². The molecule has 0 aromatic heterocycles. The first kappa shape index (κ1) is 13.4. The van der Waals surface area contributed by atoms with Crippen LogP contribution in [0.25, 0.3) is 0 Å². The highest BCUT2D eigenvalue weighted by atomic mass is 16.5. The highest BCUT2D eigenvalue weighted by Crippen LogP contribution is 1.89. The first-order valence-corrected chi connectivity index (χ1v) is 4.85. The monoisotopic (exact) mass is 205 g/mol. The predicted molar refractivity (Wildman–Crippen MR) is 52.2 cm³/mol. The van der Waals surface area contributed by atoms with E-state index in [1.807, 2.05) is 6.92 Å². The van der Waals surface area contributed by atoms with Crippen molar-refractivity contribution < 1.29 is 19.7 Å². The summed E-state index contributed by atoms with van der Waals surface area (Å²) in [7, 11) is 0. The summed E-state index contributed by atoms with van der Waals surface area (Å²) in [5, 5.41) is 20.5. The van der Waals surface area contributed by atoms with Crippen LogP contribution in [0.2, 0.25) is 0 Å². The number of carbonyl (C=O) groups is 1. The number of ether oxygens (including phenoxy) is 1. The maximum atomic E-state index is 10.2. The Morgan fingerprint density at radius 2 is 2.29 bits per heavy atom. The molecule has 5 nitrogen and oxygen atoms in total. The summed E-state index contributed by atoms with van der Waals surface area (Å²) in [5.41, 5.74) is 0. The Labute approximate surface area is 84.1 Å². The first-order chi connectivity index (χ1) is 6.66. The van der Waals surface area contributed by atoms with E-state index in [0.29, 0.717) is 19.8 Å². The van der Waals surface area contributed by atoms with Gasteiger partial charge in [0, 0.05) is 19.8 Å². The molecule has 0 aromatic rings. The van der Waals surface area contributed by atoms with Crippen molar-refractivity contribution in [1.82, 2.24) is 5.32 Å². The van der Waals surface area contributed by atoms with Gasteiger partial charge in [-0.25, -0.2) is 0 Å². The van der Waals surface area contributed by atoms with Gasteiger partial charge in [0.1, 0.15) is 0 Å². The molecule has 1 unspecified atom stereocenters. The molecule has 0 amide bonds. The van der Waals surface area contributed by atoms with E-state index >= 15 is 0 Å². The predicted octanol–water partition coefficient (Wildman–Crippen LogP) is -0.162. The quantitative estimate of drug-likeness (QED) is 0.456. The van der Waals surface area contributed by atoms with Crippen molar-refractivity contribution in [3.05, 3.63) is 0 Å². The van der Waals surface area contributed by atoms with E-state index in [2.05, 4.69) is 5.32 Å². The minimum absolute atomic E-state index is 0.210. The number of carboxylic acid groups (broad SMARTS) is 1. The van der Waals surface area contributed by atoms with E-state index in [1.165, 1.54) is 0 Å². The normalized spacial score (nSPS) is 12.7. The van der Waals surface area contributed by atoms with Crippen LogP contribution in [-0.2, 0) is 9.53 Å². The minimum Gasteiger partial charge on any atom is -0.481 e. The average molecular weight is 205 g/mol. The van der Waals surface area contributed by atoms with E-state index in [-0.39, 0.29) is 6.42 Å². The van der Waals surface area contributed by atoms with Crippen molar-refractivity contribution >= 4 is 5.97 Å². The van der Waals surface area contributed by atoms with Crippen LogP contribution >= 0.6 is 0 Å². The minimum atomic E-state index is -0.978. The second-order valence-electron chi connectivity index (χ2n) is 3.01. The summed E-state index contributed by atoms with van der Waals surface area (Å²) in [6.45, 7) is 4.39. The molecule has 0 rings (SSSR count). The highest BCUT2D eigenvalue weighted by molar-refractivity contribution is 5.67. The summed E-state index contributed by atoms with van der Waals surface area (Å²) >= 11 is 0. The highest BCUT2D eigenvalue weighted by Gasteiger charge is 2.07. The topological polar surface area (TPSA) is 78.8 Å². The number of nitrogens with one attached hydrogen (secondary N) is 1. The lowest BCUT2D eigenvalue weighted by atomic mass is 10.2. The Morgan fingerprint density at radius 3 is 2.86 bits per heavy atom. The van der Waals surface area contributed by atoms with Gasteiger partial charge >= 0.3 is 5.97 Å². The standard InChI is InChI=1S/C9H19NO4/c1-2-14-5-3-4-10-7-8(11)6-9(12)13/h8,10-11H,2-7H2,1H3,(H,12,13). The van der Waals surface area contributed by atoms with Gasteiger partial charge in [0.05, 0.1) is 12.5 Å². The number of aliphatic hydroxyl groups excluding tert-OH is 1. The van der Waals surface area contributed by atoms with Crippen LogP contribution < -0.4 is 5.32 Å². The zero-order valence-corrected chi connectivity index (χ0v) is 8.53. The van der Waals surface area contributed by atoms with Crippen molar-refractivity contribution in [1.29, 1.82) is 0 Å². The van der Waals surface area contributed by atoms with Gasteiger partial charge in [0.25, 0.3) is 0 Å². The molecule has 5 heteroatoms. The summed E-state index contributed by atoms with van der Waals surface area (Å²) in [4.78, 5) is 10.2. The molecule has 0 aliphatic heterocycles. The number of hydrogen-bond donors (Lipinski definition) is 3. The fraction of sp³-hybridized carbons (Fsp3) is 0.889. The molecule has 0 heterocycles. The molecule has 14 heavy (non-hydrogen) atoms. The second-order valence-corrected chi connectivity index (χ2v) is 3.01. The summed E-state index contributed by atoms with van der Waals surface area (Å²) in [5.74, 6) is -0.978. The van der Waals surface area contributed by atoms with Gasteiger partial charge < -0.3 is 20.3 Å². The third kappa shape index (κ3) is 9.44. The van der Waals surface area contributed by atoms with Crippen LogP contribution in [-0.4, -0.2) is 48.6 Å². The van der Waals surface area contributed by atoms with Crippen LogP contribution in [0.5, 0.6) is 0 Å². The lowest BCUT2D eigenvalue weighted by molar-refractivity contribution is -0.139. The van der Waals surface area contributed by atoms with Crippen molar-refractivity contribution in [2.75, 3.05) is 26.3 Å². The summed E-state index contributed by atoms with van der Waals surface area (Å²) < 4.78 is 5.11. The van der Waals surface area contributed by atoms with Gasteiger partial charge in [-0.15, -0.1) is 0 Å². The van der Waals surface area contributed by atoms with E-state index in [4.69, 9.17) is 14.9 Å². The number of aliphatic hydroxyl groups is 1. The Kier molecular flexibility index (Phi) is 8.51. The van der Waals surface area contributed by atoms with Crippen LogP contribution in [0.1, 0.15) is 19.8 Å². The molecule has 0 fully saturated rings. The molecule has 0 aromatic carbocycles. The molecule has 0 spiro atoms. The number of rotatable bonds is 9. The third-order valence-corrected chi connectivity index (χ3v) is 1.64. The van der Waals surface area contributed by atoms with Crippen molar-refractivity contribution in [3.8, 4) is 0 Å². The van der Waals surface area contributed by atoms with E-state index in [0.717, 1.165) is 13.0 Å². The molecular formula is C9H19NO4. The fourth-order valence-electron chi connectivity index (χ4n) is 0.986. The molecule has 84 valence electrons. The second kappa shape index (κ2) is 8.93. The van der Waals surface area contributed by atoms with E-state index in [1.54, 1.807) is 0 Å². The molecule has 0 radical (unpaired) electrons. The SMILES string of the molecule is CCOCCCNCC(O)CC(=O)O. The van der Waals surface area contributed by atoms with Crippen molar-refractivity contribution in [2.45, 2.75) is 25.9 Å². The molecule has 0 aliphatic rings. The van der Waals surface area contributed by atoms with Gasteiger partial charge in [0.15, 0.2) is 0 Å². The van der Waals surface area contributed by atoms with Crippen LogP contribution in [0.4, 0.5) is 0 Å². The van der Waals surface area contributed by atoms with Gasteiger partial charge in [-0.2, -0.15) is 0 Å². The number of aliphatic carboxylic acids is 1. The first-order valence-electron chi connectivity index (χ1n) is 4.85. The van der Waals surface area contributed by atoms with Crippen LogP contribution in [0, 0.1) is 0 Å². The maximum absolute atomic E-state index is 10.2. The lowest BCUT2D eigenvalue weighted by Crippen LogP contribution is -2.29. The molecule has 3 N–H and O–H groups in total. The maximum Gasteiger partial charge on any atom is 0.306 e. The largest absolute Gasteiger partial charge is 0.481 e. The fourth-order valence-corrected chi connectivity index (χ4v) is 0.986.